The molecule has 0 saturated heterocycles. The summed E-state index contributed by atoms with van der Waals surface area (Å²) in [7, 11) is 0. The van der Waals surface area contributed by atoms with Gasteiger partial charge >= 0.3 is 0 Å². The molecule has 144 valence electrons. The summed E-state index contributed by atoms with van der Waals surface area (Å²) in [5.74, 6) is -0.419. The van der Waals surface area contributed by atoms with Gasteiger partial charge in [-0.3, -0.25) is 14.6 Å². The van der Waals surface area contributed by atoms with Gasteiger partial charge in [0, 0.05) is 18.8 Å². The van der Waals surface area contributed by atoms with Crippen LogP contribution < -0.4 is 10.7 Å². The lowest BCUT2D eigenvalue weighted by Crippen LogP contribution is -2.34. The van der Waals surface area contributed by atoms with Crippen LogP contribution in [0.5, 0.6) is 0 Å². The molecule has 2 amide bonds. The summed E-state index contributed by atoms with van der Waals surface area (Å²) >= 11 is 0. The van der Waals surface area contributed by atoms with Crippen LogP contribution >= 0.6 is 0 Å². The first-order valence-corrected chi connectivity index (χ1v) is 9.71. The summed E-state index contributed by atoms with van der Waals surface area (Å²) in [5.41, 5.74) is 3.23. The number of hydrogen-bond donors (Lipinski definition) is 2. The Morgan fingerprint density at radius 1 is 0.962 bits per heavy atom. The van der Waals surface area contributed by atoms with Crippen molar-refractivity contribution in [3.8, 4) is 0 Å². The van der Waals surface area contributed by atoms with E-state index < -0.39 is 0 Å². The lowest BCUT2D eigenvalue weighted by molar-refractivity contribution is -0.126. The number of carbonyl (C=O) groups excluding carboxylic acids is 2. The van der Waals surface area contributed by atoms with Crippen molar-refractivity contribution in [2.24, 2.45) is 5.10 Å². The van der Waals surface area contributed by atoms with Crippen molar-refractivity contribution in [3.63, 3.8) is 0 Å². The Morgan fingerprint density at radius 3 is 2.23 bits per heavy atom. The number of hydrogen-bond acceptors (Lipinski definition) is 4. The molecule has 6 heteroatoms. The fraction of sp³-hybridized carbons (Fsp3) is 0.600. The standard InChI is InChI=1S/C20H32N4O2/c1-2-3-4-5-6-7-8-9-10-11-19(25)22-17-20(26)24-23-16-18-12-14-21-15-13-18/h12-16H,2-11,17H2,1H3,(H,22,25)(H,24,26). The predicted molar refractivity (Wildman–Crippen MR) is 105 cm³/mol. The monoisotopic (exact) mass is 360 g/mol. The fourth-order valence-electron chi connectivity index (χ4n) is 2.53. The fourth-order valence-corrected chi connectivity index (χ4v) is 2.53. The third-order valence-corrected chi connectivity index (χ3v) is 4.06. The van der Waals surface area contributed by atoms with Gasteiger partial charge in [0.05, 0.1) is 12.8 Å². The number of carbonyl (C=O) groups is 2. The molecule has 0 aromatic carbocycles. The zero-order valence-corrected chi connectivity index (χ0v) is 15.9. The van der Waals surface area contributed by atoms with Crippen LogP contribution in [-0.2, 0) is 9.59 Å². The van der Waals surface area contributed by atoms with Gasteiger partial charge in [-0.25, -0.2) is 5.43 Å². The molecule has 0 radical (unpaired) electrons. The van der Waals surface area contributed by atoms with Gasteiger partial charge in [-0.1, -0.05) is 58.3 Å². The highest BCUT2D eigenvalue weighted by molar-refractivity contribution is 5.86. The molecule has 1 aromatic rings. The number of unbranched alkanes of at least 4 members (excludes halogenated alkanes) is 8. The molecule has 0 atom stereocenters. The predicted octanol–water partition coefficient (Wildman–Crippen LogP) is 3.57. The van der Waals surface area contributed by atoms with Crippen LogP contribution in [0.3, 0.4) is 0 Å². The second-order valence-electron chi connectivity index (χ2n) is 6.43. The van der Waals surface area contributed by atoms with Gasteiger partial charge in [-0.15, -0.1) is 0 Å². The van der Waals surface area contributed by atoms with E-state index in [0.717, 1.165) is 18.4 Å². The van der Waals surface area contributed by atoms with Gasteiger partial charge in [0.15, 0.2) is 0 Å². The number of hydrazone groups is 1. The Bertz CT molecular complexity index is 532. The Hall–Kier alpha value is -2.24. The Morgan fingerprint density at radius 2 is 1.58 bits per heavy atom. The Kier molecular flexibility index (Phi) is 12.6. The van der Waals surface area contributed by atoms with Gasteiger partial charge in [-0.2, -0.15) is 5.10 Å². The van der Waals surface area contributed by atoms with E-state index >= 15 is 0 Å². The zero-order chi connectivity index (χ0) is 18.9. The van der Waals surface area contributed by atoms with E-state index in [1.165, 1.54) is 51.2 Å². The van der Waals surface area contributed by atoms with Crippen LogP contribution in [0.4, 0.5) is 0 Å². The maximum atomic E-state index is 11.7. The van der Waals surface area contributed by atoms with Crippen LogP contribution in [0.15, 0.2) is 29.6 Å². The van der Waals surface area contributed by atoms with Gasteiger partial charge < -0.3 is 5.32 Å². The molecule has 1 aromatic heterocycles. The van der Waals surface area contributed by atoms with Gasteiger partial charge in [-0.05, 0) is 24.1 Å². The third kappa shape index (κ3) is 12.2. The molecule has 0 spiro atoms. The molecule has 26 heavy (non-hydrogen) atoms. The Balaban J connectivity index is 1.97. The molecule has 2 N–H and O–H groups in total. The van der Waals surface area contributed by atoms with Crippen LogP contribution in [0, 0.1) is 0 Å². The zero-order valence-electron chi connectivity index (χ0n) is 15.9. The number of pyridine rings is 1. The molecule has 1 heterocycles. The maximum Gasteiger partial charge on any atom is 0.259 e. The molecular weight excluding hydrogens is 328 g/mol. The minimum Gasteiger partial charge on any atom is -0.347 e. The summed E-state index contributed by atoms with van der Waals surface area (Å²) in [5, 5.41) is 6.46. The summed E-state index contributed by atoms with van der Waals surface area (Å²) in [6.45, 7) is 2.18. The maximum absolute atomic E-state index is 11.7. The number of nitrogens with zero attached hydrogens (tertiary/aromatic N) is 2. The highest BCUT2D eigenvalue weighted by Crippen LogP contribution is 2.10. The van der Waals surface area contributed by atoms with E-state index in [0.29, 0.717) is 6.42 Å². The number of aromatic nitrogens is 1. The smallest absolute Gasteiger partial charge is 0.259 e. The van der Waals surface area contributed by atoms with Crippen molar-refractivity contribution in [3.05, 3.63) is 30.1 Å². The largest absolute Gasteiger partial charge is 0.347 e. The van der Waals surface area contributed by atoms with E-state index in [1.807, 2.05) is 0 Å². The molecule has 0 aliphatic heterocycles. The highest BCUT2D eigenvalue weighted by atomic mass is 16.2. The molecule has 0 bridgehead atoms. The molecule has 0 fully saturated rings. The minimum absolute atomic E-state index is 0.0516. The summed E-state index contributed by atoms with van der Waals surface area (Å²) in [6, 6.07) is 3.56. The molecule has 0 saturated carbocycles. The molecule has 6 nitrogen and oxygen atoms in total. The Labute approximate surface area is 156 Å². The van der Waals surface area contributed by atoms with Crippen molar-refractivity contribution in [2.75, 3.05) is 6.54 Å². The quantitative estimate of drug-likeness (QED) is 0.302. The summed E-state index contributed by atoms with van der Waals surface area (Å²) in [4.78, 5) is 27.2. The number of amides is 2. The summed E-state index contributed by atoms with van der Waals surface area (Å²) in [6.07, 6.45) is 16.3. The molecule has 0 aliphatic carbocycles. The van der Waals surface area contributed by atoms with E-state index in [2.05, 4.69) is 27.8 Å². The van der Waals surface area contributed by atoms with Crippen LogP contribution in [0.2, 0.25) is 0 Å². The van der Waals surface area contributed by atoms with Crippen molar-refractivity contribution in [1.82, 2.24) is 15.7 Å². The average Bonchev–Trinajstić information content (AvgIpc) is 2.66. The first-order chi connectivity index (χ1) is 12.7. The number of rotatable bonds is 14. The van der Waals surface area contributed by atoms with E-state index in [4.69, 9.17) is 0 Å². The van der Waals surface area contributed by atoms with E-state index in [-0.39, 0.29) is 18.4 Å². The molecule has 1 rings (SSSR count). The normalized spacial score (nSPS) is 10.8. The summed E-state index contributed by atoms with van der Waals surface area (Å²) < 4.78 is 0. The van der Waals surface area contributed by atoms with Crippen molar-refractivity contribution in [2.45, 2.75) is 71.1 Å². The lowest BCUT2D eigenvalue weighted by atomic mass is 10.1. The second-order valence-corrected chi connectivity index (χ2v) is 6.43. The highest BCUT2D eigenvalue weighted by Gasteiger charge is 2.04. The van der Waals surface area contributed by atoms with Crippen LogP contribution in [-0.4, -0.2) is 29.6 Å². The molecule has 0 aliphatic rings. The van der Waals surface area contributed by atoms with Gasteiger partial charge in [0.25, 0.3) is 5.91 Å². The first-order valence-electron chi connectivity index (χ1n) is 9.71. The SMILES string of the molecule is CCCCCCCCCCCC(=O)NCC(=O)NN=Cc1ccncc1. The third-order valence-electron chi connectivity index (χ3n) is 4.06. The van der Waals surface area contributed by atoms with Crippen molar-refractivity contribution >= 4 is 18.0 Å². The topological polar surface area (TPSA) is 83.5 Å². The lowest BCUT2D eigenvalue weighted by Gasteiger charge is -2.04. The minimum atomic E-state index is -0.337. The van der Waals surface area contributed by atoms with Crippen molar-refractivity contribution < 1.29 is 9.59 Å². The molecule has 0 unspecified atom stereocenters. The van der Waals surface area contributed by atoms with Crippen LogP contribution in [0.25, 0.3) is 0 Å². The van der Waals surface area contributed by atoms with Gasteiger partial charge in [0.1, 0.15) is 0 Å². The number of nitrogens with one attached hydrogen (secondary N) is 2. The second kappa shape index (κ2) is 15.0. The average molecular weight is 361 g/mol. The molecular formula is C20H32N4O2. The van der Waals surface area contributed by atoms with Crippen molar-refractivity contribution in [1.29, 1.82) is 0 Å². The van der Waals surface area contributed by atoms with Gasteiger partial charge in [0.2, 0.25) is 5.91 Å². The first kappa shape index (κ1) is 21.8. The van der Waals surface area contributed by atoms with E-state index in [9.17, 15) is 9.59 Å². The van der Waals surface area contributed by atoms with E-state index in [1.54, 1.807) is 24.5 Å². The van der Waals surface area contributed by atoms with Crippen LogP contribution in [0.1, 0.15) is 76.7 Å².